The lowest BCUT2D eigenvalue weighted by Crippen LogP contribution is -2.32. The maximum atomic E-state index is 12.2. The number of ether oxygens (including phenoxy) is 2. The zero-order valence-electron chi connectivity index (χ0n) is 14.6. The van der Waals surface area contributed by atoms with Crippen LogP contribution in [0.3, 0.4) is 0 Å². The van der Waals surface area contributed by atoms with Gasteiger partial charge in [-0.05, 0) is 56.8 Å². The van der Waals surface area contributed by atoms with Crippen LogP contribution >= 0.6 is 12.4 Å². The average Bonchev–Trinajstić information content (AvgIpc) is 3.08. The summed E-state index contributed by atoms with van der Waals surface area (Å²) >= 11 is 0. The predicted molar refractivity (Wildman–Crippen MR) is 98.6 cm³/mol. The number of nitrogens with one attached hydrogen (secondary N) is 2. The third kappa shape index (κ3) is 6.21. The molecule has 24 heavy (non-hydrogen) atoms. The molecule has 1 aliphatic rings. The summed E-state index contributed by atoms with van der Waals surface area (Å²) in [5.74, 6) is 1.25. The van der Waals surface area contributed by atoms with Crippen LogP contribution in [0.15, 0.2) is 18.2 Å². The third-order valence-corrected chi connectivity index (χ3v) is 4.04. The Bertz CT molecular complexity index is 505. The lowest BCUT2D eigenvalue weighted by molar-refractivity contribution is 0.0953. The van der Waals surface area contributed by atoms with Crippen molar-refractivity contribution in [3.8, 4) is 11.5 Å². The Labute approximate surface area is 150 Å². The number of rotatable bonds is 9. The zero-order chi connectivity index (χ0) is 16.5. The van der Waals surface area contributed by atoms with Crippen molar-refractivity contribution in [2.45, 2.75) is 45.1 Å². The minimum atomic E-state index is -0.0889. The molecule has 0 atom stereocenters. The summed E-state index contributed by atoms with van der Waals surface area (Å²) in [6.07, 6.45) is 5.99. The number of benzene rings is 1. The van der Waals surface area contributed by atoms with Gasteiger partial charge < -0.3 is 20.1 Å². The van der Waals surface area contributed by atoms with E-state index in [2.05, 4.69) is 17.6 Å². The first-order valence-electron chi connectivity index (χ1n) is 8.58. The molecule has 0 spiro atoms. The minimum absolute atomic E-state index is 0. The topological polar surface area (TPSA) is 59.6 Å². The largest absolute Gasteiger partial charge is 0.493 e. The zero-order valence-corrected chi connectivity index (χ0v) is 15.4. The normalized spacial score (nSPS) is 14.1. The third-order valence-electron chi connectivity index (χ3n) is 4.04. The molecule has 1 saturated carbocycles. The molecule has 0 radical (unpaired) electrons. The van der Waals surface area contributed by atoms with Crippen molar-refractivity contribution in [1.29, 1.82) is 0 Å². The van der Waals surface area contributed by atoms with Crippen molar-refractivity contribution in [2.24, 2.45) is 0 Å². The van der Waals surface area contributed by atoms with Crippen LogP contribution in [0.4, 0.5) is 0 Å². The Hall–Kier alpha value is -1.46. The second-order valence-electron chi connectivity index (χ2n) is 5.90. The van der Waals surface area contributed by atoms with Gasteiger partial charge in [0.25, 0.3) is 5.91 Å². The first-order valence-corrected chi connectivity index (χ1v) is 8.58. The minimum Gasteiger partial charge on any atom is -0.493 e. The molecule has 2 rings (SSSR count). The van der Waals surface area contributed by atoms with Crippen LogP contribution in [-0.4, -0.2) is 38.8 Å². The summed E-state index contributed by atoms with van der Waals surface area (Å²) in [5.41, 5.74) is 0.594. The summed E-state index contributed by atoms with van der Waals surface area (Å²) in [5, 5.41) is 6.16. The van der Waals surface area contributed by atoms with E-state index in [4.69, 9.17) is 9.47 Å². The van der Waals surface area contributed by atoms with Gasteiger partial charge in [0.05, 0.1) is 13.2 Å². The first kappa shape index (κ1) is 20.6. The van der Waals surface area contributed by atoms with Gasteiger partial charge in [0.1, 0.15) is 0 Å². The van der Waals surface area contributed by atoms with Crippen LogP contribution in [0.1, 0.15) is 49.4 Å². The molecule has 5 nitrogen and oxygen atoms in total. The molecule has 2 N–H and O–H groups in total. The lowest BCUT2D eigenvalue weighted by atomic mass is 10.2. The molecule has 0 saturated heterocycles. The Morgan fingerprint density at radius 3 is 2.58 bits per heavy atom. The fourth-order valence-electron chi connectivity index (χ4n) is 2.76. The monoisotopic (exact) mass is 356 g/mol. The molecule has 0 heterocycles. The molecule has 1 amide bonds. The Kier molecular flexibility index (Phi) is 9.57. The summed E-state index contributed by atoms with van der Waals surface area (Å²) in [6, 6.07) is 5.38. The van der Waals surface area contributed by atoms with Crippen molar-refractivity contribution >= 4 is 18.3 Å². The van der Waals surface area contributed by atoms with Gasteiger partial charge >= 0.3 is 0 Å². The molecule has 1 fully saturated rings. The van der Waals surface area contributed by atoms with Gasteiger partial charge in [0.15, 0.2) is 11.5 Å². The Morgan fingerprint density at radius 2 is 1.92 bits per heavy atom. The number of carbonyl (C=O) groups excluding carboxylic acids is 1. The van der Waals surface area contributed by atoms with Crippen LogP contribution in [0.25, 0.3) is 0 Å². The molecule has 0 aliphatic heterocycles. The van der Waals surface area contributed by atoms with Gasteiger partial charge in [-0.15, -0.1) is 12.4 Å². The van der Waals surface area contributed by atoms with Crippen LogP contribution in [-0.2, 0) is 0 Å². The molecular formula is C18H29ClN2O3. The summed E-state index contributed by atoms with van der Waals surface area (Å²) in [4.78, 5) is 12.2. The van der Waals surface area contributed by atoms with E-state index >= 15 is 0 Å². The molecular weight excluding hydrogens is 328 g/mol. The highest BCUT2D eigenvalue weighted by molar-refractivity contribution is 5.94. The molecule has 1 aromatic carbocycles. The second kappa shape index (κ2) is 11.2. The number of hydrogen-bond donors (Lipinski definition) is 2. The fourth-order valence-corrected chi connectivity index (χ4v) is 2.76. The molecule has 0 bridgehead atoms. The smallest absolute Gasteiger partial charge is 0.251 e. The predicted octanol–water partition coefficient (Wildman–Crippen LogP) is 3.17. The molecule has 0 aromatic heterocycles. The van der Waals surface area contributed by atoms with Crippen molar-refractivity contribution < 1.29 is 14.3 Å². The second-order valence-corrected chi connectivity index (χ2v) is 5.90. The number of amides is 1. The van der Waals surface area contributed by atoms with E-state index in [9.17, 15) is 4.79 Å². The number of halogens is 1. The molecule has 6 heteroatoms. The van der Waals surface area contributed by atoms with Crippen molar-refractivity contribution in [2.75, 3.05) is 26.7 Å². The van der Waals surface area contributed by atoms with E-state index in [1.807, 2.05) is 6.07 Å². The standard InChI is InChI=1S/C18H28N2O3.ClH/c1-3-10-19-11-12-20-18(21)14-8-9-16(17(13-14)22-2)23-15-6-4-5-7-15;/h8-9,13,15,19H,3-7,10-12H2,1-2H3,(H,20,21);1H. The first-order chi connectivity index (χ1) is 11.2. The quantitative estimate of drug-likeness (QED) is 0.667. The number of carbonyl (C=O) groups is 1. The summed E-state index contributed by atoms with van der Waals surface area (Å²) in [6.45, 7) is 4.48. The Balaban J connectivity index is 0.00000288. The maximum absolute atomic E-state index is 12.2. The highest BCUT2D eigenvalue weighted by Crippen LogP contribution is 2.32. The lowest BCUT2D eigenvalue weighted by Gasteiger charge is -2.16. The van der Waals surface area contributed by atoms with Gasteiger partial charge in [-0.3, -0.25) is 4.79 Å². The highest BCUT2D eigenvalue weighted by atomic mass is 35.5. The SMILES string of the molecule is CCCNCCNC(=O)c1ccc(OC2CCCC2)c(OC)c1.Cl. The highest BCUT2D eigenvalue weighted by Gasteiger charge is 2.19. The van der Waals surface area contributed by atoms with Gasteiger partial charge in [0.2, 0.25) is 0 Å². The van der Waals surface area contributed by atoms with E-state index in [1.54, 1.807) is 19.2 Å². The van der Waals surface area contributed by atoms with Crippen LogP contribution in [0, 0.1) is 0 Å². The summed E-state index contributed by atoms with van der Waals surface area (Å²) < 4.78 is 11.4. The van der Waals surface area contributed by atoms with E-state index in [0.717, 1.165) is 38.1 Å². The van der Waals surface area contributed by atoms with Crippen LogP contribution in [0.5, 0.6) is 11.5 Å². The van der Waals surface area contributed by atoms with Crippen LogP contribution < -0.4 is 20.1 Å². The van der Waals surface area contributed by atoms with E-state index in [1.165, 1.54) is 12.8 Å². The van der Waals surface area contributed by atoms with Crippen molar-refractivity contribution in [3.63, 3.8) is 0 Å². The van der Waals surface area contributed by atoms with Crippen molar-refractivity contribution in [1.82, 2.24) is 10.6 Å². The van der Waals surface area contributed by atoms with Crippen LogP contribution in [0.2, 0.25) is 0 Å². The van der Waals surface area contributed by atoms with Gasteiger partial charge in [-0.25, -0.2) is 0 Å². The average molecular weight is 357 g/mol. The molecule has 1 aliphatic carbocycles. The van der Waals surface area contributed by atoms with Gasteiger partial charge in [-0.1, -0.05) is 6.92 Å². The van der Waals surface area contributed by atoms with E-state index in [0.29, 0.717) is 17.9 Å². The molecule has 0 unspecified atom stereocenters. The Morgan fingerprint density at radius 1 is 1.17 bits per heavy atom. The van der Waals surface area contributed by atoms with Gasteiger partial charge in [0, 0.05) is 18.7 Å². The fraction of sp³-hybridized carbons (Fsp3) is 0.611. The molecule has 136 valence electrons. The number of hydrogen-bond acceptors (Lipinski definition) is 4. The van der Waals surface area contributed by atoms with E-state index in [-0.39, 0.29) is 24.4 Å². The maximum Gasteiger partial charge on any atom is 0.251 e. The van der Waals surface area contributed by atoms with Gasteiger partial charge in [-0.2, -0.15) is 0 Å². The number of methoxy groups -OCH3 is 1. The molecule has 1 aromatic rings. The van der Waals surface area contributed by atoms with E-state index < -0.39 is 0 Å². The van der Waals surface area contributed by atoms with Crippen molar-refractivity contribution in [3.05, 3.63) is 23.8 Å². The summed E-state index contributed by atoms with van der Waals surface area (Å²) in [7, 11) is 1.60.